The molecule has 1 saturated carbocycles. The van der Waals surface area contributed by atoms with Crippen LogP contribution in [0.1, 0.15) is 36.5 Å². The van der Waals surface area contributed by atoms with Crippen molar-refractivity contribution in [2.75, 3.05) is 11.5 Å². The summed E-state index contributed by atoms with van der Waals surface area (Å²) >= 11 is 0. The molecule has 0 aromatic heterocycles. The molecule has 0 radical (unpaired) electrons. The minimum absolute atomic E-state index is 0.146. The van der Waals surface area contributed by atoms with Crippen LogP contribution in [-0.4, -0.2) is 24.2 Å². The molecule has 2 aromatic carbocycles. The first kappa shape index (κ1) is 18.4. The summed E-state index contributed by atoms with van der Waals surface area (Å²) in [6, 6.07) is 15.8. The van der Waals surface area contributed by atoms with Crippen molar-refractivity contribution in [2.45, 2.75) is 26.2 Å². The number of para-hydroxylation sites is 2. The van der Waals surface area contributed by atoms with Crippen molar-refractivity contribution >= 4 is 23.3 Å². The maximum absolute atomic E-state index is 13.0. The molecule has 28 heavy (non-hydrogen) atoms. The zero-order valence-corrected chi connectivity index (χ0v) is 15.8. The summed E-state index contributed by atoms with van der Waals surface area (Å²) in [7, 11) is 0. The lowest BCUT2D eigenvalue weighted by Gasteiger charge is -2.25. The van der Waals surface area contributed by atoms with Crippen LogP contribution in [0.25, 0.3) is 0 Å². The minimum Gasteiger partial charge on any atom is -0.483 e. The van der Waals surface area contributed by atoms with Crippen LogP contribution in [-0.2, 0) is 9.59 Å². The Bertz CT molecular complexity index is 908. The number of rotatable bonds is 5. The number of hydrogen-bond donors (Lipinski definition) is 0. The van der Waals surface area contributed by atoms with Crippen molar-refractivity contribution in [1.82, 2.24) is 0 Å². The van der Waals surface area contributed by atoms with Gasteiger partial charge < -0.3 is 4.74 Å². The number of hydrogen-bond acceptors (Lipinski definition) is 4. The largest absolute Gasteiger partial charge is 0.483 e. The summed E-state index contributed by atoms with van der Waals surface area (Å²) in [5.41, 5.74) is 0.994. The van der Waals surface area contributed by atoms with E-state index in [1.54, 1.807) is 48.5 Å². The number of nitrogens with zero attached hydrogens (tertiary/aromatic N) is 1. The second kappa shape index (κ2) is 7.58. The molecule has 0 bridgehead atoms. The lowest BCUT2D eigenvalue weighted by Crippen LogP contribution is -2.31. The van der Waals surface area contributed by atoms with E-state index < -0.39 is 0 Å². The van der Waals surface area contributed by atoms with E-state index in [4.69, 9.17) is 4.74 Å². The molecule has 2 aromatic rings. The predicted molar refractivity (Wildman–Crippen MR) is 105 cm³/mol. The maximum Gasteiger partial charge on any atom is 0.237 e. The Kier molecular flexibility index (Phi) is 4.99. The van der Waals surface area contributed by atoms with Gasteiger partial charge in [-0.2, -0.15) is 0 Å². The highest BCUT2D eigenvalue weighted by Gasteiger charge is 2.50. The molecule has 4 rings (SSSR count). The van der Waals surface area contributed by atoms with Crippen molar-refractivity contribution in [3.8, 4) is 5.75 Å². The van der Waals surface area contributed by atoms with Gasteiger partial charge in [0.1, 0.15) is 5.75 Å². The third kappa shape index (κ3) is 3.33. The lowest BCUT2D eigenvalue weighted by molar-refractivity contribution is -0.122. The third-order valence-electron chi connectivity index (χ3n) is 5.75. The molecule has 0 N–H and O–H groups in total. The Balaban J connectivity index is 1.55. The molecule has 0 unspecified atom stereocenters. The fourth-order valence-corrected chi connectivity index (χ4v) is 4.24. The van der Waals surface area contributed by atoms with E-state index in [2.05, 4.69) is 6.92 Å². The van der Waals surface area contributed by atoms with Gasteiger partial charge in [-0.15, -0.1) is 0 Å². The Hall–Kier alpha value is -2.95. The van der Waals surface area contributed by atoms with Crippen molar-refractivity contribution in [3.63, 3.8) is 0 Å². The molecule has 1 saturated heterocycles. The monoisotopic (exact) mass is 377 g/mol. The summed E-state index contributed by atoms with van der Waals surface area (Å²) in [6.45, 7) is 1.98. The highest BCUT2D eigenvalue weighted by Crippen LogP contribution is 2.44. The molecule has 2 fully saturated rings. The molecule has 3 atom stereocenters. The number of benzene rings is 2. The second-order valence-electron chi connectivity index (χ2n) is 7.69. The average molecular weight is 377 g/mol. The molecular weight excluding hydrogens is 354 g/mol. The molecule has 1 aliphatic heterocycles. The van der Waals surface area contributed by atoms with Gasteiger partial charge in [-0.25, -0.2) is 4.90 Å². The molecule has 1 aliphatic carbocycles. The van der Waals surface area contributed by atoms with Gasteiger partial charge in [-0.3, -0.25) is 14.4 Å². The molecular formula is C23H23NO4. The van der Waals surface area contributed by atoms with Crippen molar-refractivity contribution < 1.29 is 19.1 Å². The molecule has 5 heteroatoms. The van der Waals surface area contributed by atoms with E-state index in [1.807, 2.05) is 6.07 Å². The summed E-state index contributed by atoms with van der Waals surface area (Å²) < 4.78 is 5.74. The van der Waals surface area contributed by atoms with E-state index >= 15 is 0 Å². The Morgan fingerprint density at radius 2 is 1.64 bits per heavy atom. The van der Waals surface area contributed by atoms with Gasteiger partial charge in [-0.1, -0.05) is 49.4 Å². The molecule has 144 valence electrons. The number of anilines is 1. The number of imide groups is 1. The van der Waals surface area contributed by atoms with Gasteiger partial charge in [-0.05, 0) is 37.3 Å². The van der Waals surface area contributed by atoms with E-state index in [1.165, 1.54) is 4.90 Å². The van der Waals surface area contributed by atoms with Crippen molar-refractivity contribution in [3.05, 3.63) is 60.2 Å². The predicted octanol–water partition coefficient (Wildman–Crippen LogP) is 3.87. The van der Waals surface area contributed by atoms with E-state index in [-0.39, 0.29) is 36.0 Å². The standard InChI is InChI=1S/C23H23NO4/c1-15-11-12-17-18(13-15)23(27)24(22(17)26)19-9-5-6-10-21(19)28-14-20(25)16-7-3-2-4-8-16/h2-10,15,17-18H,11-14H2,1H3/t15-,17+,18+/m1/s1. The first-order chi connectivity index (χ1) is 13.6. The number of ketones is 1. The van der Waals surface area contributed by atoms with Crippen LogP contribution in [0.3, 0.4) is 0 Å². The maximum atomic E-state index is 13.0. The fourth-order valence-electron chi connectivity index (χ4n) is 4.24. The van der Waals surface area contributed by atoms with Crippen LogP contribution in [0.4, 0.5) is 5.69 Å². The number of carbonyl (C=O) groups is 3. The highest BCUT2D eigenvalue weighted by atomic mass is 16.5. The first-order valence-corrected chi connectivity index (χ1v) is 9.74. The molecule has 1 heterocycles. The topological polar surface area (TPSA) is 63.7 Å². The normalized spacial score (nSPS) is 24.2. The Morgan fingerprint density at radius 1 is 0.964 bits per heavy atom. The number of ether oxygens (including phenoxy) is 1. The number of amides is 2. The lowest BCUT2D eigenvalue weighted by atomic mass is 9.76. The second-order valence-corrected chi connectivity index (χ2v) is 7.69. The number of fused-ring (bicyclic) bond motifs is 1. The van der Waals surface area contributed by atoms with Crippen LogP contribution in [0.15, 0.2) is 54.6 Å². The summed E-state index contributed by atoms with van der Waals surface area (Å²) in [6.07, 6.45) is 2.47. The Labute approximate surface area is 164 Å². The zero-order valence-electron chi connectivity index (χ0n) is 15.8. The summed E-state index contributed by atoms with van der Waals surface area (Å²) in [5.74, 6) is -0.0950. The molecule has 2 aliphatic rings. The quantitative estimate of drug-likeness (QED) is 0.586. The van der Waals surface area contributed by atoms with E-state index in [9.17, 15) is 14.4 Å². The zero-order chi connectivity index (χ0) is 19.7. The van der Waals surface area contributed by atoms with Gasteiger partial charge in [0, 0.05) is 5.56 Å². The minimum atomic E-state index is -0.241. The third-order valence-corrected chi connectivity index (χ3v) is 5.75. The molecule has 0 spiro atoms. The van der Waals surface area contributed by atoms with Crippen LogP contribution in [0, 0.1) is 17.8 Å². The molecule has 2 amide bonds. The Morgan fingerprint density at radius 3 is 2.43 bits per heavy atom. The van der Waals surface area contributed by atoms with Gasteiger partial charge in [0.05, 0.1) is 17.5 Å². The number of carbonyl (C=O) groups excluding carboxylic acids is 3. The van der Waals surface area contributed by atoms with Gasteiger partial charge in [0.25, 0.3) is 0 Å². The van der Waals surface area contributed by atoms with E-state index in [0.29, 0.717) is 22.9 Å². The summed E-state index contributed by atoms with van der Waals surface area (Å²) in [4.78, 5) is 39.6. The molecule has 5 nitrogen and oxygen atoms in total. The van der Waals surface area contributed by atoms with Crippen LogP contribution in [0.5, 0.6) is 5.75 Å². The van der Waals surface area contributed by atoms with Gasteiger partial charge in [0.15, 0.2) is 12.4 Å². The summed E-state index contributed by atoms with van der Waals surface area (Å²) in [5, 5.41) is 0. The fraction of sp³-hybridized carbons (Fsp3) is 0.348. The van der Waals surface area contributed by atoms with Gasteiger partial charge >= 0.3 is 0 Å². The van der Waals surface area contributed by atoms with Crippen molar-refractivity contribution in [2.24, 2.45) is 17.8 Å². The van der Waals surface area contributed by atoms with Gasteiger partial charge in [0.2, 0.25) is 11.8 Å². The van der Waals surface area contributed by atoms with Crippen LogP contribution >= 0.6 is 0 Å². The van der Waals surface area contributed by atoms with Crippen LogP contribution < -0.4 is 9.64 Å². The van der Waals surface area contributed by atoms with E-state index in [0.717, 1.165) is 19.3 Å². The van der Waals surface area contributed by atoms with Crippen LogP contribution in [0.2, 0.25) is 0 Å². The SMILES string of the molecule is C[C@@H]1CC[C@@H]2C(=O)N(c3ccccc3OCC(=O)c3ccccc3)C(=O)[C@H]2C1. The van der Waals surface area contributed by atoms with Crippen molar-refractivity contribution in [1.29, 1.82) is 0 Å². The number of Topliss-reactive ketones (excluding diaryl/α,β-unsaturated/α-hetero) is 1. The smallest absolute Gasteiger partial charge is 0.237 e. The average Bonchev–Trinajstić information content (AvgIpc) is 2.96. The highest BCUT2D eigenvalue weighted by molar-refractivity contribution is 6.22. The first-order valence-electron chi connectivity index (χ1n) is 9.74.